The minimum absolute atomic E-state index is 0.111. The molecular formula is C26H22N8O2S4. The second-order valence-corrected chi connectivity index (χ2v) is 13.5. The van der Waals surface area contributed by atoms with Gasteiger partial charge in [0, 0.05) is 36.9 Å². The first kappa shape index (κ1) is 26.7. The van der Waals surface area contributed by atoms with Crippen LogP contribution in [-0.2, 0) is 13.1 Å². The van der Waals surface area contributed by atoms with Crippen molar-refractivity contribution in [2.45, 2.75) is 49.5 Å². The molecule has 6 rings (SSSR count). The molecule has 14 heteroatoms. The lowest BCUT2D eigenvalue weighted by Crippen LogP contribution is -2.13. The molecule has 0 aliphatic carbocycles. The van der Waals surface area contributed by atoms with E-state index < -0.39 is 0 Å². The number of nitrogens with zero attached hydrogens (tertiary/aromatic N) is 8. The highest BCUT2D eigenvalue weighted by molar-refractivity contribution is 8.77. The molecule has 6 aromatic heterocycles. The van der Waals surface area contributed by atoms with E-state index in [2.05, 4.69) is 30.4 Å². The zero-order chi connectivity index (χ0) is 28.0. The summed E-state index contributed by atoms with van der Waals surface area (Å²) in [6.07, 6.45) is 3.61. The maximum absolute atomic E-state index is 13.2. The highest BCUT2D eigenvalue weighted by Gasteiger charge is 2.18. The van der Waals surface area contributed by atoms with Gasteiger partial charge in [0.15, 0.2) is 18.7 Å². The largest absolute Gasteiger partial charge is 0.332 e. The van der Waals surface area contributed by atoms with E-state index >= 15 is 0 Å². The van der Waals surface area contributed by atoms with E-state index in [9.17, 15) is 9.59 Å². The van der Waals surface area contributed by atoms with Gasteiger partial charge in [-0.05, 0) is 73.5 Å². The van der Waals surface area contributed by atoms with E-state index in [-0.39, 0.29) is 10.9 Å². The van der Waals surface area contributed by atoms with Gasteiger partial charge in [0.25, 0.3) is 0 Å². The van der Waals surface area contributed by atoms with Gasteiger partial charge < -0.3 is 9.13 Å². The second kappa shape index (κ2) is 10.8. The molecule has 0 atom stereocenters. The van der Waals surface area contributed by atoms with Crippen molar-refractivity contribution in [3.63, 3.8) is 0 Å². The Bertz CT molecular complexity index is 1880. The predicted molar refractivity (Wildman–Crippen MR) is 162 cm³/mol. The number of pyridine rings is 4. The molecule has 6 heterocycles. The SMILES string of the molecule is CCn1cc(-c2nnc(SSc3nnc(-c4cn(CC)c5nc(C)ccc5c4=O)s3)s2)c(=O)c2ccc(C)nc21. The lowest BCUT2D eigenvalue weighted by Gasteiger charge is -2.09. The van der Waals surface area contributed by atoms with Gasteiger partial charge in [-0.25, -0.2) is 9.97 Å². The van der Waals surface area contributed by atoms with Crippen LogP contribution < -0.4 is 10.9 Å². The molecule has 10 nitrogen and oxygen atoms in total. The van der Waals surface area contributed by atoms with E-state index in [4.69, 9.17) is 0 Å². The highest BCUT2D eigenvalue weighted by Crippen LogP contribution is 2.42. The first-order chi connectivity index (χ1) is 19.4. The number of hydrogen-bond acceptors (Lipinski definition) is 12. The Hall–Kier alpha value is -3.46. The highest BCUT2D eigenvalue weighted by atomic mass is 33.1. The fraction of sp³-hybridized carbons (Fsp3) is 0.231. The van der Waals surface area contributed by atoms with Crippen LogP contribution in [0.5, 0.6) is 0 Å². The predicted octanol–water partition coefficient (Wildman–Crippen LogP) is 5.60. The van der Waals surface area contributed by atoms with Gasteiger partial charge in [-0.15, -0.1) is 20.4 Å². The van der Waals surface area contributed by atoms with Gasteiger partial charge in [0.1, 0.15) is 11.3 Å². The lowest BCUT2D eigenvalue weighted by molar-refractivity contribution is 0.776. The first-order valence-corrected chi connectivity index (χ1v) is 16.2. The molecule has 202 valence electrons. The molecule has 0 unspecified atom stereocenters. The number of aromatic nitrogens is 8. The average Bonchev–Trinajstić information content (AvgIpc) is 3.62. The van der Waals surface area contributed by atoms with E-state index in [0.29, 0.717) is 65.0 Å². The van der Waals surface area contributed by atoms with Gasteiger partial charge in [-0.1, -0.05) is 22.7 Å². The Morgan fingerprint density at radius 3 is 1.50 bits per heavy atom. The fourth-order valence-corrected chi connectivity index (χ4v) is 8.34. The third kappa shape index (κ3) is 4.85. The molecule has 0 spiro atoms. The molecule has 0 aromatic carbocycles. The minimum Gasteiger partial charge on any atom is -0.332 e. The summed E-state index contributed by atoms with van der Waals surface area (Å²) < 4.78 is 5.28. The standard InChI is InChI=1S/C26H22N8O2S4/c1-5-33-11-17(19(35)15-9-7-13(3)27-21(15)33)23-29-31-25(37-23)39-40-26-32-30-24(38-26)18-12-34(6-2)22-16(20(18)36)10-8-14(4)28-22/h7-12H,5-6H2,1-4H3. The van der Waals surface area contributed by atoms with Crippen LogP contribution in [0.2, 0.25) is 0 Å². The number of fused-ring (bicyclic) bond motifs is 2. The van der Waals surface area contributed by atoms with Crippen LogP contribution >= 0.6 is 44.3 Å². The summed E-state index contributed by atoms with van der Waals surface area (Å²) in [6, 6.07) is 7.32. The Labute approximate surface area is 244 Å². The van der Waals surface area contributed by atoms with Crippen molar-refractivity contribution in [3.8, 4) is 21.1 Å². The normalized spacial score (nSPS) is 11.6. The summed E-state index contributed by atoms with van der Waals surface area (Å²) in [5.41, 5.74) is 3.83. The van der Waals surface area contributed by atoms with Crippen LogP contribution in [0.4, 0.5) is 0 Å². The summed E-state index contributed by atoms with van der Waals surface area (Å²) in [5.74, 6) is 0. The fourth-order valence-electron chi connectivity index (χ4n) is 4.28. The van der Waals surface area contributed by atoms with Crippen molar-refractivity contribution in [1.29, 1.82) is 0 Å². The van der Waals surface area contributed by atoms with Crippen LogP contribution in [0.1, 0.15) is 25.2 Å². The van der Waals surface area contributed by atoms with Crippen LogP contribution in [0.3, 0.4) is 0 Å². The molecule has 0 radical (unpaired) electrons. The van der Waals surface area contributed by atoms with Crippen LogP contribution in [0, 0.1) is 13.8 Å². The van der Waals surface area contributed by atoms with E-state index in [1.165, 1.54) is 44.3 Å². The molecule has 0 saturated carbocycles. The van der Waals surface area contributed by atoms with Crippen LogP contribution in [-0.4, -0.2) is 39.5 Å². The molecule has 0 fully saturated rings. The van der Waals surface area contributed by atoms with Crippen LogP contribution in [0.15, 0.2) is 54.9 Å². The summed E-state index contributed by atoms with van der Waals surface area (Å²) in [7, 11) is 2.78. The Balaban J connectivity index is 1.25. The van der Waals surface area contributed by atoms with Crippen molar-refractivity contribution in [1.82, 2.24) is 39.5 Å². The summed E-state index contributed by atoms with van der Waals surface area (Å²) in [6.45, 7) is 9.19. The number of rotatable bonds is 7. The Morgan fingerprint density at radius 2 is 1.10 bits per heavy atom. The quantitative estimate of drug-likeness (QED) is 0.212. The van der Waals surface area contributed by atoms with Gasteiger partial charge in [0.2, 0.25) is 10.9 Å². The number of aryl methyl sites for hydroxylation is 4. The monoisotopic (exact) mass is 606 g/mol. The Kier molecular flexibility index (Phi) is 7.25. The molecule has 0 aliphatic rings. The summed E-state index contributed by atoms with van der Waals surface area (Å²) in [5, 5.41) is 19.4. The van der Waals surface area contributed by atoms with Gasteiger partial charge in [-0.3, -0.25) is 9.59 Å². The molecule has 0 bridgehead atoms. The molecule has 0 saturated heterocycles. The summed E-state index contributed by atoms with van der Waals surface area (Å²) in [4.78, 5) is 35.6. The topological polar surface area (TPSA) is 121 Å². The van der Waals surface area contributed by atoms with Crippen molar-refractivity contribution in [3.05, 3.63) is 68.5 Å². The third-order valence-corrected chi connectivity index (χ3v) is 11.1. The van der Waals surface area contributed by atoms with Crippen molar-refractivity contribution >= 4 is 66.3 Å². The smallest absolute Gasteiger partial charge is 0.201 e. The molecular weight excluding hydrogens is 585 g/mol. The second-order valence-electron chi connectivity index (χ2n) is 8.88. The molecule has 0 N–H and O–H groups in total. The van der Waals surface area contributed by atoms with E-state index in [0.717, 1.165) is 11.4 Å². The number of hydrogen-bond donors (Lipinski definition) is 0. The lowest BCUT2D eigenvalue weighted by atomic mass is 10.2. The third-order valence-electron chi connectivity index (χ3n) is 6.26. The van der Waals surface area contributed by atoms with Crippen molar-refractivity contribution in [2.75, 3.05) is 0 Å². The van der Waals surface area contributed by atoms with Gasteiger partial charge in [-0.2, -0.15) is 0 Å². The van der Waals surface area contributed by atoms with Crippen molar-refractivity contribution < 1.29 is 0 Å². The maximum atomic E-state index is 13.2. The maximum Gasteiger partial charge on any atom is 0.201 e. The van der Waals surface area contributed by atoms with Gasteiger partial charge in [0.05, 0.1) is 21.9 Å². The van der Waals surface area contributed by atoms with Crippen molar-refractivity contribution in [2.24, 2.45) is 0 Å². The van der Waals surface area contributed by atoms with Gasteiger partial charge >= 0.3 is 0 Å². The average molecular weight is 607 g/mol. The molecule has 6 aromatic rings. The van der Waals surface area contributed by atoms with E-state index in [1.807, 2.05) is 61.1 Å². The zero-order valence-electron chi connectivity index (χ0n) is 21.9. The van der Waals surface area contributed by atoms with E-state index in [1.54, 1.807) is 12.4 Å². The Morgan fingerprint density at radius 1 is 0.675 bits per heavy atom. The first-order valence-electron chi connectivity index (χ1n) is 12.4. The summed E-state index contributed by atoms with van der Waals surface area (Å²) >= 11 is 2.69. The van der Waals surface area contributed by atoms with Crippen LogP contribution in [0.25, 0.3) is 43.2 Å². The minimum atomic E-state index is -0.111. The molecule has 0 amide bonds. The molecule has 40 heavy (non-hydrogen) atoms. The molecule has 0 aliphatic heterocycles. The zero-order valence-corrected chi connectivity index (χ0v) is 25.2.